The summed E-state index contributed by atoms with van der Waals surface area (Å²) in [4.78, 5) is 12.5. The molecule has 0 saturated carbocycles. The molecule has 4 nitrogen and oxygen atoms in total. The van der Waals surface area contributed by atoms with E-state index < -0.39 is 18.8 Å². The van der Waals surface area contributed by atoms with Gasteiger partial charge in [0.05, 0.1) is 11.4 Å². The maximum absolute atomic E-state index is 11.9. The number of nitrogens with two attached hydrogens (primary N) is 1. The fourth-order valence-corrected chi connectivity index (χ4v) is 1.61. The van der Waals surface area contributed by atoms with Gasteiger partial charge in [0, 0.05) is 11.5 Å². The average Bonchev–Trinajstić information content (AvgIpc) is 2.24. The molecular weight excluding hydrogens is 315 g/mol. The molecule has 0 aromatic heterocycles. The number of nitrogen functional groups attached to an aromatic ring is 1. The number of carbonyl (C=O) groups excluding carboxylic acids is 1. The monoisotopic (exact) mass is 325 g/mol. The van der Waals surface area contributed by atoms with Crippen LogP contribution in [0, 0.1) is 0 Å². The Morgan fingerprint density at radius 2 is 2.11 bits per heavy atom. The molecule has 0 spiro atoms. The van der Waals surface area contributed by atoms with Crippen LogP contribution in [0.2, 0.25) is 0 Å². The number of carbonyl (C=O) groups is 1. The van der Waals surface area contributed by atoms with Crippen molar-refractivity contribution in [2.75, 3.05) is 24.2 Å². The number of halogens is 4. The molecule has 0 heterocycles. The minimum atomic E-state index is -4.44. The van der Waals surface area contributed by atoms with Crippen LogP contribution in [-0.2, 0) is 0 Å². The summed E-state index contributed by atoms with van der Waals surface area (Å²) in [6.07, 6.45) is -4.44. The molecule has 0 aliphatic heterocycles. The van der Waals surface area contributed by atoms with Crippen LogP contribution in [0.3, 0.4) is 0 Å². The highest BCUT2D eigenvalue weighted by Crippen LogP contribution is 2.26. The SMILES string of the molecule is CN(C(=O)NCC(F)(F)F)c1ccc(Br)cc1N. The van der Waals surface area contributed by atoms with E-state index in [0.717, 1.165) is 4.90 Å². The van der Waals surface area contributed by atoms with Gasteiger partial charge in [-0.05, 0) is 18.2 Å². The number of urea groups is 1. The zero-order valence-corrected chi connectivity index (χ0v) is 11.0. The van der Waals surface area contributed by atoms with E-state index in [2.05, 4.69) is 15.9 Å². The molecule has 1 aromatic carbocycles. The van der Waals surface area contributed by atoms with Crippen LogP contribution in [0.5, 0.6) is 0 Å². The maximum atomic E-state index is 11.9. The fourth-order valence-electron chi connectivity index (χ4n) is 1.23. The number of hydrogen-bond donors (Lipinski definition) is 2. The third-order valence-electron chi connectivity index (χ3n) is 2.10. The first-order valence-corrected chi connectivity index (χ1v) is 5.63. The van der Waals surface area contributed by atoms with E-state index in [1.165, 1.54) is 13.1 Å². The lowest BCUT2D eigenvalue weighted by atomic mass is 10.2. The molecule has 1 aromatic rings. The van der Waals surface area contributed by atoms with E-state index in [4.69, 9.17) is 5.73 Å². The van der Waals surface area contributed by atoms with Crippen LogP contribution in [0.4, 0.5) is 29.3 Å². The van der Waals surface area contributed by atoms with Crippen LogP contribution < -0.4 is 16.0 Å². The highest BCUT2D eigenvalue weighted by atomic mass is 79.9. The number of benzene rings is 1. The molecule has 2 amide bonds. The smallest absolute Gasteiger partial charge is 0.397 e. The Bertz CT molecular complexity index is 450. The van der Waals surface area contributed by atoms with Crippen molar-refractivity contribution in [1.29, 1.82) is 0 Å². The first-order valence-electron chi connectivity index (χ1n) is 4.84. The minimum absolute atomic E-state index is 0.286. The summed E-state index contributed by atoms with van der Waals surface area (Å²) in [7, 11) is 1.34. The number of nitrogens with one attached hydrogen (secondary N) is 1. The number of hydrogen-bond acceptors (Lipinski definition) is 2. The van der Waals surface area contributed by atoms with Crippen molar-refractivity contribution in [2.45, 2.75) is 6.18 Å². The lowest BCUT2D eigenvalue weighted by Crippen LogP contribution is -2.42. The molecule has 3 N–H and O–H groups in total. The first kappa shape index (κ1) is 14.6. The van der Waals surface area contributed by atoms with Crippen molar-refractivity contribution in [3.05, 3.63) is 22.7 Å². The normalized spacial score (nSPS) is 11.2. The van der Waals surface area contributed by atoms with Crippen LogP contribution in [0.15, 0.2) is 22.7 Å². The van der Waals surface area contributed by atoms with E-state index in [0.29, 0.717) is 10.2 Å². The second-order valence-corrected chi connectivity index (χ2v) is 4.45. The number of nitrogens with zero attached hydrogens (tertiary/aromatic N) is 1. The van der Waals surface area contributed by atoms with Crippen molar-refractivity contribution in [3.63, 3.8) is 0 Å². The van der Waals surface area contributed by atoms with Gasteiger partial charge in [0.25, 0.3) is 0 Å². The summed E-state index contributed by atoms with van der Waals surface area (Å²) in [6.45, 7) is -1.38. The van der Waals surface area contributed by atoms with E-state index in [1.807, 2.05) is 0 Å². The molecule has 18 heavy (non-hydrogen) atoms. The summed E-state index contributed by atoms with van der Waals surface area (Å²) >= 11 is 3.19. The Balaban J connectivity index is 2.74. The molecule has 0 fully saturated rings. The first-order chi connectivity index (χ1) is 8.20. The summed E-state index contributed by atoms with van der Waals surface area (Å²) in [6, 6.07) is 3.86. The van der Waals surface area contributed by atoms with Gasteiger partial charge in [0.15, 0.2) is 0 Å². The van der Waals surface area contributed by atoms with Crippen molar-refractivity contribution >= 4 is 33.3 Å². The van der Waals surface area contributed by atoms with Crippen LogP contribution in [-0.4, -0.2) is 25.8 Å². The predicted molar refractivity (Wildman–Crippen MR) is 66.4 cm³/mol. The van der Waals surface area contributed by atoms with Gasteiger partial charge in [-0.25, -0.2) is 4.79 Å². The molecular formula is C10H11BrF3N3O. The van der Waals surface area contributed by atoms with Gasteiger partial charge in [0.1, 0.15) is 6.54 Å². The zero-order chi connectivity index (χ0) is 13.9. The van der Waals surface area contributed by atoms with Crippen LogP contribution >= 0.6 is 15.9 Å². The summed E-state index contributed by atoms with van der Waals surface area (Å²) in [5.41, 5.74) is 6.29. The summed E-state index contributed by atoms with van der Waals surface area (Å²) in [5.74, 6) is 0. The number of rotatable bonds is 2. The maximum Gasteiger partial charge on any atom is 0.405 e. The Kier molecular flexibility index (Phi) is 4.44. The molecule has 1 rings (SSSR count). The van der Waals surface area contributed by atoms with Gasteiger partial charge in [-0.15, -0.1) is 0 Å². The largest absolute Gasteiger partial charge is 0.405 e. The highest BCUT2D eigenvalue weighted by molar-refractivity contribution is 9.10. The molecule has 0 aliphatic rings. The molecule has 8 heteroatoms. The second kappa shape index (κ2) is 5.47. The van der Waals surface area contributed by atoms with E-state index >= 15 is 0 Å². The van der Waals surface area contributed by atoms with Gasteiger partial charge in [0.2, 0.25) is 0 Å². The van der Waals surface area contributed by atoms with Crippen LogP contribution in [0.1, 0.15) is 0 Å². The van der Waals surface area contributed by atoms with Crippen molar-refractivity contribution in [2.24, 2.45) is 0 Å². The van der Waals surface area contributed by atoms with Crippen molar-refractivity contribution in [3.8, 4) is 0 Å². The van der Waals surface area contributed by atoms with Gasteiger partial charge in [-0.2, -0.15) is 13.2 Å². The Labute approximate surface area is 110 Å². The third-order valence-corrected chi connectivity index (χ3v) is 2.59. The minimum Gasteiger partial charge on any atom is -0.397 e. The van der Waals surface area contributed by atoms with Crippen molar-refractivity contribution < 1.29 is 18.0 Å². The number of amides is 2. The zero-order valence-electron chi connectivity index (χ0n) is 9.38. The van der Waals surface area contributed by atoms with Gasteiger partial charge >= 0.3 is 12.2 Å². The topological polar surface area (TPSA) is 58.4 Å². The molecule has 0 bridgehead atoms. The quantitative estimate of drug-likeness (QED) is 0.821. The summed E-state index contributed by atoms with van der Waals surface area (Å²) in [5, 5.41) is 1.76. The average molecular weight is 326 g/mol. The Hall–Kier alpha value is -1.44. The van der Waals surface area contributed by atoms with E-state index in [9.17, 15) is 18.0 Å². The molecule has 0 radical (unpaired) electrons. The Morgan fingerprint density at radius 3 is 2.61 bits per heavy atom. The van der Waals surface area contributed by atoms with Gasteiger partial charge in [-0.1, -0.05) is 15.9 Å². The molecule has 0 atom stereocenters. The molecule has 0 saturated heterocycles. The number of alkyl halides is 3. The second-order valence-electron chi connectivity index (χ2n) is 3.54. The van der Waals surface area contributed by atoms with Gasteiger partial charge in [-0.3, -0.25) is 4.90 Å². The standard InChI is InChI=1S/C10H11BrF3N3O/c1-17(9(18)16-5-10(12,13)14)8-3-2-6(11)4-7(8)15/h2-4H,5,15H2,1H3,(H,16,18). The third kappa shape index (κ3) is 4.10. The molecule has 0 unspecified atom stereocenters. The molecule has 0 aliphatic carbocycles. The van der Waals surface area contributed by atoms with E-state index in [-0.39, 0.29) is 5.69 Å². The predicted octanol–water partition coefficient (Wildman–Crippen LogP) is 2.74. The highest BCUT2D eigenvalue weighted by Gasteiger charge is 2.28. The lowest BCUT2D eigenvalue weighted by Gasteiger charge is -2.20. The Morgan fingerprint density at radius 1 is 1.50 bits per heavy atom. The van der Waals surface area contributed by atoms with Crippen molar-refractivity contribution in [1.82, 2.24) is 5.32 Å². The lowest BCUT2D eigenvalue weighted by molar-refractivity contribution is -0.122. The molecule has 100 valence electrons. The fraction of sp³-hybridized carbons (Fsp3) is 0.300. The van der Waals surface area contributed by atoms with E-state index in [1.54, 1.807) is 17.4 Å². The van der Waals surface area contributed by atoms with Gasteiger partial charge < -0.3 is 11.1 Å². The van der Waals surface area contributed by atoms with Crippen LogP contribution in [0.25, 0.3) is 0 Å². The summed E-state index contributed by atoms with van der Waals surface area (Å²) < 4.78 is 36.6. The number of anilines is 2.